The molecule has 1 saturated carbocycles. The predicted molar refractivity (Wildman–Crippen MR) is 49.9 cm³/mol. The van der Waals surface area contributed by atoms with E-state index >= 15 is 0 Å². The van der Waals surface area contributed by atoms with E-state index in [1.54, 1.807) is 0 Å². The van der Waals surface area contributed by atoms with Crippen LogP contribution in [0, 0.1) is 5.92 Å². The first-order chi connectivity index (χ1) is 5.93. The zero-order valence-corrected chi connectivity index (χ0v) is 10.3. The van der Waals surface area contributed by atoms with E-state index in [-0.39, 0.29) is 0 Å². The minimum atomic E-state index is -3.50. The van der Waals surface area contributed by atoms with Crippen molar-refractivity contribution in [2.45, 2.75) is 42.6 Å². The third kappa shape index (κ3) is 12.1. The minimum absolute atomic E-state index is 0.851. The van der Waals surface area contributed by atoms with Crippen LogP contribution >= 0.6 is 0 Å². The molecule has 1 aliphatic carbocycles. The molecule has 0 aliphatic heterocycles. The van der Waals surface area contributed by atoms with Gasteiger partial charge in [-0.1, -0.05) is 25.3 Å². The Bertz CT molecular complexity index is 215. The Labute approximate surface area is 84.4 Å². The van der Waals surface area contributed by atoms with Crippen molar-refractivity contribution in [1.29, 1.82) is 0 Å². The standard InChI is InChI=1S/C8H14.2CH3.2O.Ti/c1-2-8-6-4-3-5-7-8;;;;;/h2,8H,1,3-7H2;2*1H3;;;. The van der Waals surface area contributed by atoms with Crippen LogP contribution in [0.3, 0.4) is 0 Å². The molecule has 0 aromatic heterocycles. The van der Waals surface area contributed by atoms with Gasteiger partial charge in [-0.05, 0) is 18.8 Å². The van der Waals surface area contributed by atoms with Gasteiger partial charge in [0.2, 0.25) is 0 Å². The van der Waals surface area contributed by atoms with Gasteiger partial charge in [-0.15, -0.1) is 6.58 Å². The molecule has 0 atom stereocenters. The van der Waals surface area contributed by atoms with Crippen molar-refractivity contribution >= 4 is 0 Å². The van der Waals surface area contributed by atoms with Gasteiger partial charge in [0.25, 0.3) is 0 Å². The average Bonchev–Trinajstić information content (AvgIpc) is 2.03. The van der Waals surface area contributed by atoms with E-state index in [2.05, 4.69) is 12.7 Å². The topological polar surface area (TPSA) is 34.1 Å². The molecule has 0 bridgehead atoms. The van der Waals surface area contributed by atoms with E-state index in [9.17, 15) is 6.65 Å². The van der Waals surface area contributed by atoms with Gasteiger partial charge < -0.3 is 0 Å². The number of allylic oxidation sites excluding steroid dienone is 1. The molecule has 0 amide bonds. The van der Waals surface area contributed by atoms with Crippen molar-refractivity contribution in [3.8, 4) is 0 Å². The van der Waals surface area contributed by atoms with Crippen LogP contribution in [0.2, 0.25) is 10.5 Å². The van der Waals surface area contributed by atoms with Crippen LogP contribution in [0.1, 0.15) is 32.1 Å². The van der Waals surface area contributed by atoms with Crippen molar-refractivity contribution in [3.63, 3.8) is 0 Å². The van der Waals surface area contributed by atoms with Crippen LogP contribution in [0.25, 0.3) is 0 Å². The Morgan fingerprint density at radius 1 is 1.15 bits per heavy atom. The first-order valence-corrected chi connectivity index (χ1v) is 9.36. The third-order valence-electron chi connectivity index (χ3n) is 1.98. The molecule has 2 nitrogen and oxygen atoms in total. The number of hydrogen-bond acceptors (Lipinski definition) is 2. The van der Waals surface area contributed by atoms with E-state index in [1.165, 1.54) is 42.6 Å². The fourth-order valence-electron chi connectivity index (χ4n) is 1.37. The maximum atomic E-state index is 9.74. The van der Waals surface area contributed by atoms with Crippen molar-refractivity contribution in [1.82, 2.24) is 0 Å². The van der Waals surface area contributed by atoms with Gasteiger partial charge in [0.15, 0.2) is 0 Å². The summed E-state index contributed by atoms with van der Waals surface area (Å²) >= 11 is -3.50. The first kappa shape index (κ1) is 13.1. The van der Waals surface area contributed by atoms with Crippen molar-refractivity contribution in [2.75, 3.05) is 0 Å². The second-order valence-electron chi connectivity index (χ2n) is 4.03. The molecular formula is C10H20O2Ti. The normalized spacial score (nSPS) is 17.4. The summed E-state index contributed by atoms with van der Waals surface area (Å²) in [5.74, 6) is 0.851. The van der Waals surface area contributed by atoms with Gasteiger partial charge in [-0.2, -0.15) is 0 Å². The van der Waals surface area contributed by atoms with Gasteiger partial charge >= 0.3 is 33.6 Å². The molecule has 0 aromatic rings. The average molecular weight is 220 g/mol. The Morgan fingerprint density at radius 2 is 1.54 bits per heavy atom. The van der Waals surface area contributed by atoms with Gasteiger partial charge in [-0.3, -0.25) is 0 Å². The monoisotopic (exact) mass is 220 g/mol. The molecular weight excluding hydrogens is 200 g/mol. The second kappa shape index (κ2) is 6.50. The zero-order valence-electron chi connectivity index (χ0n) is 8.71. The summed E-state index contributed by atoms with van der Waals surface area (Å²) < 4.78 is 19.5. The summed E-state index contributed by atoms with van der Waals surface area (Å²) in [7, 11) is 0. The quantitative estimate of drug-likeness (QED) is 0.499. The molecule has 0 heterocycles. The third-order valence-corrected chi connectivity index (χ3v) is 1.98. The predicted octanol–water partition coefficient (Wildman–Crippen LogP) is 3.68. The van der Waals surface area contributed by atoms with E-state index < -0.39 is 16.5 Å². The van der Waals surface area contributed by atoms with E-state index in [4.69, 9.17) is 0 Å². The van der Waals surface area contributed by atoms with Gasteiger partial charge in [-0.25, -0.2) is 0 Å². The molecule has 0 unspecified atom stereocenters. The van der Waals surface area contributed by atoms with E-state index in [0.29, 0.717) is 0 Å². The van der Waals surface area contributed by atoms with Crippen LogP contribution in [0.4, 0.5) is 0 Å². The zero-order chi connectivity index (χ0) is 10.3. The van der Waals surface area contributed by atoms with Gasteiger partial charge in [0.1, 0.15) is 0 Å². The van der Waals surface area contributed by atoms with Crippen molar-refractivity contribution in [2.24, 2.45) is 5.92 Å². The molecule has 0 saturated heterocycles. The molecule has 1 aliphatic rings. The van der Waals surface area contributed by atoms with Crippen molar-refractivity contribution < 1.29 is 23.2 Å². The Morgan fingerprint density at radius 3 is 1.77 bits per heavy atom. The maximum absolute atomic E-state index is 9.74. The van der Waals surface area contributed by atoms with Crippen LogP contribution in [-0.4, -0.2) is 0 Å². The molecule has 0 N–H and O–H groups in total. The molecule has 0 spiro atoms. The SMILES string of the molecule is C=CC1CCCCC1.[CH3][Ti]([CH3])(=[O])=[O]. The number of hydrogen-bond donors (Lipinski definition) is 0. The second-order valence-corrected chi connectivity index (χ2v) is 8.41. The molecule has 1 fully saturated rings. The summed E-state index contributed by atoms with van der Waals surface area (Å²) in [5.41, 5.74) is 0. The Hall–Kier alpha value is 0.0543. The number of rotatable bonds is 1. The van der Waals surface area contributed by atoms with Crippen molar-refractivity contribution in [3.05, 3.63) is 12.7 Å². The fourth-order valence-corrected chi connectivity index (χ4v) is 1.37. The van der Waals surface area contributed by atoms with Crippen LogP contribution in [0.5, 0.6) is 0 Å². The molecule has 3 heteroatoms. The molecule has 0 aromatic carbocycles. The molecule has 13 heavy (non-hydrogen) atoms. The molecule has 76 valence electrons. The summed E-state index contributed by atoms with van der Waals surface area (Å²) in [6.07, 6.45) is 9.20. The summed E-state index contributed by atoms with van der Waals surface area (Å²) in [5, 5.41) is 2.53. The van der Waals surface area contributed by atoms with Crippen LogP contribution in [-0.2, 0) is 23.2 Å². The van der Waals surface area contributed by atoms with Crippen LogP contribution in [0.15, 0.2) is 12.7 Å². The summed E-state index contributed by atoms with van der Waals surface area (Å²) in [6.45, 7) is 3.78. The van der Waals surface area contributed by atoms with E-state index in [0.717, 1.165) is 5.92 Å². The first-order valence-electron chi connectivity index (χ1n) is 4.97. The van der Waals surface area contributed by atoms with Gasteiger partial charge in [0, 0.05) is 0 Å². The molecule has 0 radical (unpaired) electrons. The Kier molecular flexibility index (Phi) is 6.53. The summed E-state index contributed by atoms with van der Waals surface area (Å²) in [6, 6.07) is 0. The fraction of sp³-hybridized carbons (Fsp3) is 0.800. The van der Waals surface area contributed by atoms with E-state index in [1.807, 2.05) is 0 Å². The summed E-state index contributed by atoms with van der Waals surface area (Å²) in [4.78, 5) is 0. The molecule has 1 rings (SSSR count). The van der Waals surface area contributed by atoms with Crippen LogP contribution < -0.4 is 0 Å². The van der Waals surface area contributed by atoms with Gasteiger partial charge in [0.05, 0.1) is 0 Å². The Balaban J connectivity index is 0.000000252.